The molecule has 2 atom stereocenters. The maximum atomic E-state index is 5.95. The molecule has 2 heterocycles. The largest absolute Gasteiger partial charge is 0.352 e. The van der Waals surface area contributed by atoms with Gasteiger partial charge in [-0.25, -0.2) is 4.98 Å². The van der Waals surface area contributed by atoms with Crippen molar-refractivity contribution in [3.8, 4) is 0 Å². The van der Waals surface area contributed by atoms with Gasteiger partial charge in [0, 0.05) is 31.4 Å². The summed E-state index contributed by atoms with van der Waals surface area (Å²) >= 11 is 0. The van der Waals surface area contributed by atoms with E-state index in [-0.39, 0.29) is 6.04 Å². The molecular weight excluding hydrogens is 236 g/mol. The van der Waals surface area contributed by atoms with Gasteiger partial charge >= 0.3 is 0 Å². The van der Waals surface area contributed by atoms with Gasteiger partial charge in [0.25, 0.3) is 0 Å². The zero-order valence-corrected chi connectivity index (χ0v) is 12.3. The summed E-state index contributed by atoms with van der Waals surface area (Å²) < 4.78 is 0. The van der Waals surface area contributed by atoms with Gasteiger partial charge in [-0.2, -0.15) is 0 Å². The summed E-state index contributed by atoms with van der Waals surface area (Å²) in [6, 6.07) is 4.93. The fourth-order valence-corrected chi connectivity index (χ4v) is 2.92. The summed E-state index contributed by atoms with van der Waals surface area (Å²) in [5, 5.41) is 0. The lowest BCUT2D eigenvalue weighted by Gasteiger charge is -2.29. The minimum Gasteiger partial charge on any atom is -0.352 e. The Labute approximate surface area is 116 Å². The average molecular weight is 262 g/mol. The van der Waals surface area contributed by atoms with Crippen molar-refractivity contribution in [1.29, 1.82) is 0 Å². The van der Waals surface area contributed by atoms with Gasteiger partial charge in [0.05, 0.1) is 0 Å². The highest BCUT2D eigenvalue weighted by atomic mass is 15.3. The number of pyridine rings is 1. The van der Waals surface area contributed by atoms with Crippen LogP contribution >= 0.6 is 0 Å². The summed E-state index contributed by atoms with van der Waals surface area (Å²) in [7, 11) is 4.27. The van der Waals surface area contributed by atoms with E-state index in [0.29, 0.717) is 6.04 Å². The molecule has 2 rings (SSSR count). The Morgan fingerprint density at radius 2 is 2.32 bits per heavy atom. The predicted octanol–water partition coefficient (Wildman–Crippen LogP) is 1.50. The van der Waals surface area contributed by atoms with Gasteiger partial charge < -0.3 is 15.5 Å². The van der Waals surface area contributed by atoms with Gasteiger partial charge in [0.1, 0.15) is 5.82 Å². The predicted molar refractivity (Wildman–Crippen MR) is 80.5 cm³/mol. The van der Waals surface area contributed by atoms with Crippen LogP contribution in [-0.2, 0) is 6.42 Å². The average Bonchev–Trinajstić information content (AvgIpc) is 2.76. The molecule has 4 heteroatoms. The van der Waals surface area contributed by atoms with E-state index in [9.17, 15) is 0 Å². The van der Waals surface area contributed by atoms with Crippen molar-refractivity contribution in [2.24, 2.45) is 5.73 Å². The molecule has 0 spiro atoms. The van der Waals surface area contributed by atoms with Gasteiger partial charge in [-0.15, -0.1) is 0 Å². The second-order valence-electron chi connectivity index (χ2n) is 5.92. The van der Waals surface area contributed by atoms with Crippen LogP contribution in [0.25, 0.3) is 0 Å². The van der Waals surface area contributed by atoms with Gasteiger partial charge in [-0.1, -0.05) is 6.07 Å². The maximum absolute atomic E-state index is 5.95. The van der Waals surface area contributed by atoms with Crippen LogP contribution in [0.2, 0.25) is 0 Å². The topological polar surface area (TPSA) is 45.4 Å². The van der Waals surface area contributed by atoms with E-state index in [4.69, 9.17) is 5.73 Å². The van der Waals surface area contributed by atoms with Crippen LogP contribution in [0.15, 0.2) is 18.3 Å². The SMILES string of the molecule is CC(N)Cc1cccnc1N1CCCC1CN(C)C. The van der Waals surface area contributed by atoms with Crippen molar-refractivity contribution in [3.63, 3.8) is 0 Å². The Morgan fingerprint density at radius 1 is 1.53 bits per heavy atom. The first kappa shape index (κ1) is 14.3. The van der Waals surface area contributed by atoms with Crippen molar-refractivity contribution in [2.45, 2.75) is 38.3 Å². The summed E-state index contributed by atoms with van der Waals surface area (Å²) in [5.74, 6) is 1.14. The van der Waals surface area contributed by atoms with Gasteiger partial charge in [-0.05, 0) is 51.9 Å². The molecule has 0 radical (unpaired) electrons. The zero-order chi connectivity index (χ0) is 13.8. The number of rotatable bonds is 5. The number of hydrogen-bond acceptors (Lipinski definition) is 4. The Morgan fingerprint density at radius 3 is 3.00 bits per heavy atom. The molecule has 1 aromatic rings. The first-order chi connectivity index (χ1) is 9.08. The van der Waals surface area contributed by atoms with Crippen LogP contribution in [0.1, 0.15) is 25.3 Å². The molecule has 0 bridgehead atoms. The molecular formula is C15H26N4. The van der Waals surface area contributed by atoms with Gasteiger partial charge in [0.15, 0.2) is 0 Å². The Balaban J connectivity index is 2.20. The molecule has 1 aliphatic heterocycles. The van der Waals surface area contributed by atoms with Crippen molar-refractivity contribution in [2.75, 3.05) is 32.1 Å². The molecule has 2 N–H and O–H groups in total. The number of nitrogens with two attached hydrogens (primary N) is 1. The van der Waals surface area contributed by atoms with E-state index >= 15 is 0 Å². The summed E-state index contributed by atoms with van der Waals surface area (Å²) in [4.78, 5) is 9.35. The molecule has 1 saturated heterocycles. The highest BCUT2D eigenvalue weighted by Crippen LogP contribution is 2.27. The van der Waals surface area contributed by atoms with Crippen LogP contribution < -0.4 is 10.6 Å². The number of nitrogens with zero attached hydrogens (tertiary/aromatic N) is 3. The number of hydrogen-bond donors (Lipinski definition) is 1. The molecule has 4 nitrogen and oxygen atoms in total. The van der Waals surface area contributed by atoms with Crippen molar-refractivity contribution in [1.82, 2.24) is 9.88 Å². The smallest absolute Gasteiger partial charge is 0.132 e. The molecule has 0 aliphatic carbocycles. The fraction of sp³-hybridized carbons (Fsp3) is 0.667. The number of aromatic nitrogens is 1. The third-order valence-corrected chi connectivity index (χ3v) is 3.63. The lowest BCUT2D eigenvalue weighted by atomic mass is 10.1. The molecule has 0 amide bonds. The van der Waals surface area contributed by atoms with E-state index in [0.717, 1.165) is 25.3 Å². The molecule has 106 valence electrons. The maximum Gasteiger partial charge on any atom is 0.132 e. The normalized spacial score (nSPS) is 21.1. The van der Waals surface area contributed by atoms with Crippen LogP contribution in [-0.4, -0.2) is 49.2 Å². The highest BCUT2D eigenvalue weighted by molar-refractivity contribution is 5.49. The van der Waals surface area contributed by atoms with Gasteiger partial charge in [-0.3, -0.25) is 0 Å². The molecule has 2 unspecified atom stereocenters. The molecule has 0 saturated carbocycles. The van der Waals surface area contributed by atoms with E-state index in [2.05, 4.69) is 41.9 Å². The monoisotopic (exact) mass is 262 g/mol. The number of anilines is 1. The van der Waals surface area contributed by atoms with E-state index in [1.54, 1.807) is 0 Å². The van der Waals surface area contributed by atoms with Crippen molar-refractivity contribution < 1.29 is 0 Å². The van der Waals surface area contributed by atoms with Crippen LogP contribution in [0, 0.1) is 0 Å². The Kier molecular flexibility index (Phi) is 4.77. The summed E-state index contributed by atoms with van der Waals surface area (Å²) in [5.41, 5.74) is 7.23. The second-order valence-corrected chi connectivity index (χ2v) is 5.92. The Bertz CT molecular complexity index is 403. The first-order valence-electron chi connectivity index (χ1n) is 7.18. The quantitative estimate of drug-likeness (QED) is 0.873. The minimum atomic E-state index is 0.179. The highest BCUT2D eigenvalue weighted by Gasteiger charge is 2.27. The lowest BCUT2D eigenvalue weighted by molar-refractivity contribution is 0.371. The first-order valence-corrected chi connectivity index (χ1v) is 7.18. The summed E-state index contributed by atoms with van der Waals surface area (Å²) in [6.45, 7) is 4.26. The Hall–Kier alpha value is -1.13. The number of likely N-dealkylation sites (N-methyl/N-ethyl adjacent to an activating group) is 1. The molecule has 19 heavy (non-hydrogen) atoms. The van der Waals surface area contributed by atoms with Crippen molar-refractivity contribution in [3.05, 3.63) is 23.9 Å². The standard InChI is InChI=1S/C15H26N4/c1-12(16)10-13-6-4-8-17-15(13)19-9-5-7-14(19)11-18(2)3/h4,6,8,12,14H,5,7,9-11,16H2,1-3H3. The van der Waals surface area contributed by atoms with E-state index in [1.165, 1.54) is 18.4 Å². The molecule has 1 aliphatic rings. The molecule has 1 aromatic heterocycles. The lowest BCUT2D eigenvalue weighted by Crippen LogP contribution is -2.38. The van der Waals surface area contributed by atoms with Crippen molar-refractivity contribution >= 4 is 5.82 Å². The van der Waals surface area contributed by atoms with Crippen LogP contribution in [0.5, 0.6) is 0 Å². The van der Waals surface area contributed by atoms with Crippen LogP contribution in [0.4, 0.5) is 5.82 Å². The molecule has 0 aromatic carbocycles. The third kappa shape index (κ3) is 3.67. The minimum absolute atomic E-state index is 0.179. The van der Waals surface area contributed by atoms with Gasteiger partial charge in [0.2, 0.25) is 0 Å². The van der Waals surface area contributed by atoms with E-state index in [1.807, 2.05) is 12.3 Å². The zero-order valence-electron chi connectivity index (χ0n) is 12.3. The summed E-state index contributed by atoms with van der Waals surface area (Å²) in [6.07, 6.45) is 5.30. The fourth-order valence-electron chi connectivity index (χ4n) is 2.92. The molecule has 1 fully saturated rings. The third-order valence-electron chi connectivity index (χ3n) is 3.63. The second kappa shape index (κ2) is 6.35. The van der Waals surface area contributed by atoms with Crippen LogP contribution in [0.3, 0.4) is 0 Å². The van der Waals surface area contributed by atoms with E-state index < -0.39 is 0 Å².